The molecule has 0 radical (unpaired) electrons. The molecule has 1 aliphatic heterocycles. The number of benzene rings is 1. The molecule has 0 saturated carbocycles. The van der Waals surface area contributed by atoms with E-state index in [1.807, 2.05) is 12.1 Å². The summed E-state index contributed by atoms with van der Waals surface area (Å²) in [5, 5.41) is 3.11. The molecule has 0 aromatic heterocycles. The van der Waals surface area contributed by atoms with E-state index in [0.29, 0.717) is 6.54 Å². The molecule has 4 heteroatoms. The summed E-state index contributed by atoms with van der Waals surface area (Å²) >= 11 is 1.73. The van der Waals surface area contributed by atoms with Gasteiger partial charge in [-0.3, -0.25) is 4.79 Å². The van der Waals surface area contributed by atoms with E-state index in [1.54, 1.807) is 11.8 Å². The largest absolute Gasteiger partial charge is 0.348 e. The van der Waals surface area contributed by atoms with E-state index >= 15 is 0 Å². The SMILES string of the molecule is CCC(CC)(CN)NC(=O)C1SCCc2ccccc21. The van der Waals surface area contributed by atoms with Crippen LogP contribution >= 0.6 is 11.8 Å². The monoisotopic (exact) mass is 292 g/mol. The first-order valence-electron chi connectivity index (χ1n) is 7.37. The fourth-order valence-corrected chi connectivity index (χ4v) is 3.90. The highest BCUT2D eigenvalue weighted by molar-refractivity contribution is 8.00. The molecule has 0 bridgehead atoms. The zero-order chi connectivity index (χ0) is 14.6. The van der Waals surface area contributed by atoms with Crippen molar-refractivity contribution in [1.82, 2.24) is 5.32 Å². The van der Waals surface area contributed by atoms with Crippen LogP contribution in [0.4, 0.5) is 0 Å². The molecule has 1 unspecified atom stereocenters. The first-order chi connectivity index (χ1) is 9.65. The van der Waals surface area contributed by atoms with Crippen molar-refractivity contribution < 1.29 is 4.79 Å². The predicted octanol–water partition coefficient (Wildman–Crippen LogP) is 2.65. The van der Waals surface area contributed by atoms with Crippen molar-refractivity contribution in [1.29, 1.82) is 0 Å². The van der Waals surface area contributed by atoms with Crippen molar-refractivity contribution in [3.05, 3.63) is 35.4 Å². The van der Waals surface area contributed by atoms with E-state index in [1.165, 1.54) is 11.1 Å². The van der Waals surface area contributed by atoms with Crippen LogP contribution in [0.15, 0.2) is 24.3 Å². The van der Waals surface area contributed by atoms with E-state index in [2.05, 4.69) is 31.3 Å². The normalized spacial score (nSPS) is 18.4. The van der Waals surface area contributed by atoms with Gasteiger partial charge in [0.05, 0.1) is 5.54 Å². The first-order valence-corrected chi connectivity index (χ1v) is 8.42. The Morgan fingerprint density at radius 1 is 1.40 bits per heavy atom. The van der Waals surface area contributed by atoms with E-state index in [0.717, 1.165) is 25.0 Å². The molecule has 110 valence electrons. The number of hydrogen-bond acceptors (Lipinski definition) is 3. The van der Waals surface area contributed by atoms with Crippen molar-refractivity contribution in [3.63, 3.8) is 0 Å². The summed E-state index contributed by atoms with van der Waals surface area (Å²) in [4.78, 5) is 12.7. The molecule has 0 aliphatic carbocycles. The number of carbonyl (C=O) groups excluding carboxylic acids is 1. The molecule has 1 aliphatic rings. The Labute approximate surface area is 125 Å². The van der Waals surface area contributed by atoms with E-state index in [-0.39, 0.29) is 16.7 Å². The number of aryl methyl sites for hydroxylation is 1. The number of thioether (sulfide) groups is 1. The number of rotatable bonds is 5. The molecule has 0 spiro atoms. The van der Waals surface area contributed by atoms with Gasteiger partial charge in [-0.15, -0.1) is 11.8 Å². The highest BCUT2D eigenvalue weighted by atomic mass is 32.2. The second kappa shape index (κ2) is 6.64. The minimum absolute atomic E-state index is 0.0935. The lowest BCUT2D eigenvalue weighted by molar-refractivity contribution is -0.122. The topological polar surface area (TPSA) is 55.1 Å². The van der Waals surface area contributed by atoms with Gasteiger partial charge in [-0.1, -0.05) is 38.1 Å². The van der Waals surface area contributed by atoms with Crippen LogP contribution in [-0.4, -0.2) is 23.7 Å². The smallest absolute Gasteiger partial charge is 0.238 e. The van der Waals surface area contributed by atoms with Crippen LogP contribution < -0.4 is 11.1 Å². The summed E-state index contributed by atoms with van der Waals surface area (Å²) in [5.74, 6) is 1.11. The van der Waals surface area contributed by atoms with E-state index < -0.39 is 0 Å². The molecule has 0 saturated heterocycles. The van der Waals surface area contributed by atoms with Gasteiger partial charge in [0, 0.05) is 6.54 Å². The van der Waals surface area contributed by atoms with Crippen LogP contribution in [0.25, 0.3) is 0 Å². The lowest BCUT2D eigenvalue weighted by atomic mass is 9.92. The van der Waals surface area contributed by atoms with Crippen LogP contribution in [0.5, 0.6) is 0 Å². The van der Waals surface area contributed by atoms with Gasteiger partial charge >= 0.3 is 0 Å². The summed E-state index contributed by atoms with van der Waals surface area (Å²) < 4.78 is 0. The Morgan fingerprint density at radius 2 is 2.10 bits per heavy atom. The maximum Gasteiger partial charge on any atom is 0.238 e. The van der Waals surface area contributed by atoms with Gasteiger partial charge in [0.15, 0.2) is 0 Å². The molecule has 2 rings (SSSR count). The molecule has 1 atom stereocenters. The van der Waals surface area contributed by atoms with Crippen LogP contribution in [0, 0.1) is 0 Å². The number of amides is 1. The number of carbonyl (C=O) groups is 1. The Kier molecular flexibility index (Phi) is 5.11. The lowest BCUT2D eigenvalue weighted by Gasteiger charge is -2.34. The Morgan fingerprint density at radius 3 is 2.75 bits per heavy atom. The fraction of sp³-hybridized carbons (Fsp3) is 0.562. The Hall–Kier alpha value is -1.00. The predicted molar refractivity (Wildman–Crippen MR) is 85.9 cm³/mol. The average molecular weight is 292 g/mol. The van der Waals surface area contributed by atoms with Crippen LogP contribution in [0.1, 0.15) is 43.1 Å². The van der Waals surface area contributed by atoms with Crippen LogP contribution in [0.3, 0.4) is 0 Å². The summed E-state index contributed by atoms with van der Waals surface area (Å²) in [7, 11) is 0. The first kappa shape index (κ1) is 15.4. The van der Waals surface area contributed by atoms with Crippen molar-refractivity contribution in [2.75, 3.05) is 12.3 Å². The van der Waals surface area contributed by atoms with Gasteiger partial charge in [0.1, 0.15) is 5.25 Å². The van der Waals surface area contributed by atoms with E-state index in [4.69, 9.17) is 5.73 Å². The Bertz CT molecular complexity index is 463. The molecule has 3 nitrogen and oxygen atoms in total. The maximum absolute atomic E-state index is 12.7. The highest BCUT2D eigenvalue weighted by Gasteiger charge is 2.32. The zero-order valence-corrected chi connectivity index (χ0v) is 13.1. The van der Waals surface area contributed by atoms with Crippen molar-refractivity contribution in [2.24, 2.45) is 5.73 Å². The average Bonchev–Trinajstić information content (AvgIpc) is 2.52. The molecular weight excluding hydrogens is 268 g/mol. The van der Waals surface area contributed by atoms with Gasteiger partial charge in [-0.25, -0.2) is 0 Å². The molecule has 1 aromatic rings. The zero-order valence-electron chi connectivity index (χ0n) is 12.3. The van der Waals surface area contributed by atoms with Crippen LogP contribution in [0.2, 0.25) is 0 Å². The van der Waals surface area contributed by atoms with Gasteiger partial charge in [0.2, 0.25) is 5.91 Å². The number of hydrogen-bond donors (Lipinski definition) is 2. The highest BCUT2D eigenvalue weighted by Crippen LogP contribution is 2.37. The minimum Gasteiger partial charge on any atom is -0.348 e. The molecule has 0 fully saturated rings. The second-order valence-corrected chi connectivity index (χ2v) is 6.59. The standard InChI is InChI=1S/C16H24N2OS/c1-3-16(4-2,11-17)18-15(19)14-13-8-6-5-7-12(13)9-10-20-14/h5-8,14H,3-4,9-11,17H2,1-2H3,(H,18,19). The summed E-state index contributed by atoms with van der Waals surface area (Å²) in [5.41, 5.74) is 8.09. The Balaban J connectivity index is 2.19. The molecule has 20 heavy (non-hydrogen) atoms. The summed E-state index contributed by atoms with van der Waals surface area (Å²) in [6.07, 6.45) is 2.78. The minimum atomic E-state index is -0.260. The van der Waals surface area contributed by atoms with Gasteiger partial charge in [-0.2, -0.15) is 0 Å². The molecular formula is C16H24N2OS. The lowest BCUT2D eigenvalue weighted by Crippen LogP contribution is -2.54. The van der Waals surface area contributed by atoms with Gasteiger partial charge < -0.3 is 11.1 Å². The molecule has 1 aromatic carbocycles. The van der Waals surface area contributed by atoms with Crippen LogP contribution in [-0.2, 0) is 11.2 Å². The van der Waals surface area contributed by atoms with Gasteiger partial charge in [0.25, 0.3) is 0 Å². The van der Waals surface area contributed by atoms with Crippen molar-refractivity contribution in [3.8, 4) is 0 Å². The molecule has 3 N–H and O–H groups in total. The third kappa shape index (κ3) is 3.01. The fourth-order valence-electron chi connectivity index (χ4n) is 2.70. The third-order valence-electron chi connectivity index (χ3n) is 4.36. The number of nitrogens with one attached hydrogen (secondary N) is 1. The van der Waals surface area contributed by atoms with Crippen molar-refractivity contribution >= 4 is 17.7 Å². The molecule has 1 heterocycles. The molecule has 1 amide bonds. The number of nitrogens with two attached hydrogens (primary N) is 1. The third-order valence-corrected chi connectivity index (χ3v) is 5.61. The summed E-state index contributed by atoms with van der Waals surface area (Å²) in [6.45, 7) is 4.65. The van der Waals surface area contributed by atoms with Crippen molar-refractivity contribution in [2.45, 2.75) is 43.9 Å². The number of fused-ring (bicyclic) bond motifs is 1. The second-order valence-electron chi connectivity index (χ2n) is 5.38. The summed E-state index contributed by atoms with van der Waals surface area (Å²) in [6, 6.07) is 8.27. The van der Waals surface area contributed by atoms with Gasteiger partial charge in [-0.05, 0) is 36.1 Å². The van der Waals surface area contributed by atoms with E-state index in [9.17, 15) is 4.79 Å². The quantitative estimate of drug-likeness (QED) is 0.877. The maximum atomic E-state index is 12.7.